The molecule has 0 amide bonds. The Hall–Kier alpha value is -1.10. The Morgan fingerprint density at radius 2 is 1.91 bits per heavy atom. The van der Waals surface area contributed by atoms with Gasteiger partial charge in [-0.15, -0.1) is 0 Å². The predicted octanol–water partition coefficient (Wildman–Crippen LogP) is 2.39. The standard InChI is InChI=1S/C18H30N2O2/c1-15(2)14-22-17-6-4-5-16(13-17)18(21)7-8-20-11-9-19(3)10-12-20/h4-6,13,15,18,21H,7-12,14H2,1-3H3. The van der Waals surface area contributed by atoms with Gasteiger partial charge in [0.2, 0.25) is 0 Å². The summed E-state index contributed by atoms with van der Waals surface area (Å²) in [4.78, 5) is 4.78. The largest absolute Gasteiger partial charge is 0.493 e. The highest BCUT2D eigenvalue weighted by Gasteiger charge is 2.16. The van der Waals surface area contributed by atoms with Crippen molar-refractivity contribution in [3.05, 3.63) is 29.8 Å². The molecule has 1 aliphatic rings. The quantitative estimate of drug-likeness (QED) is 0.839. The number of benzene rings is 1. The molecular formula is C18H30N2O2. The van der Waals surface area contributed by atoms with Gasteiger partial charge in [0.1, 0.15) is 5.75 Å². The number of piperazine rings is 1. The van der Waals surface area contributed by atoms with Crippen molar-refractivity contribution in [3.63, 3.8) is 0 Å². The Morgan fingerprint density at radius 1 is 1.18 bits per heavy atom. The monoisotopic (exact) mass is 306 g/mol. The number of rotatable bonds is 7. The Balaban J connectivity index is 1.81. The lowest BCUT2D eigenvalue weighted by molar-refractivity contribution is 0.112. The highest BCUT2D eigenvalue weighted by Crippen LogP contribution is 2.22. The third-order valence-electron chi connectivity index (χ3n) is 4.14. The molecule has 1 fully saturated rings. The van der Waals surface area contributed by atoms with E-state index in [1.54, 1.807) is 0 Å². The second-order valence-electron chi connectivity index (χ2n) is 6.73. The summed E-state index contributed by atoms with van der Waals surface area (Å²) in [6.45, 7) is 10.4. The van der Waals surface area contributed by atoms with Crippen molar-refractivity contribution in [1.82, 2.24) is 9.80 Å². The van der Waals surface area contributed by atoms with Crippen LogP contribution in [-0.4, -0.2) is 61.3 Å². The highest BCUT2D eigenvalue weighted by molar-refractivity contribution is 5.29. The molecule has 1 N–H and O–H groups in total. The third kappa shape index (κ3) is 5.59. The number of aliphatic hydroxyl groups is 1. The van der Waals surface area contributed by atoms with E-state index in [4.69, 9.17) is 4.74 Å². The summed E-state index contributed by atoms with van der Waals surface area (Å²) in [7, 11) is 2.16. The first-order valence-electron chi connectivity index (χ1n) is 8.36. The van der Waals surface area contributed by atoms with E-state index in [2.05, 4.69) is 30.7 Å². The molecule has 0 aliphatic carbocycles. The van der Waals surface area contributed by atoms with E-state index >= 15 is 0 Å². The van der Waals surface area contributed by atoms with E-state index in [-0.39, 0.29) is 0 Å². The number of hydrogen-bond donors (Lipinski definition) is 1. The average Bonchev–Trinajstić information content (AvgIpc) is 2.52. The molecule has 1 aromatic rings. The van der Waals surface area contributed by atoms with E-state index in [9.17, 15) is 5.11 Å². The van der Waals surface area contributed by atoms with Crippen molar-refractivity contribution in [3.8, 4) is 5.75 Å². The van der Waals surface area contributed by atoms with Gasteiger partial charge in [-0.2, -0.15) is 0 Å². The van der Waals surface area contributed by atoms with E-state index in [1.165, 1.54) is 0 Å². The second kappa shape index (κ2) is 8.51. The topological polar surface area (TPSA) is 35.9 Å². The van der Waals surface area contributed by atoms with Crippen molar-refractivity contribution >= 4 is 0 Å². The molecule has 0 saturated carbocycles. The average molecular weight is 306 g/mol. The van der Waals surface area contributed by atoms with Crippen LogP contribution in [0.5, 0.6) is 5.75 Å². The molecule has 1 atom stereocenters. The molecule has 22 heavy (non-hydrogen) atoms. The van der Waals surface area contributed by atoms with Gasteiger partial charge in [-0.05, 0) is 37.1 Å². The van der Waals surface area contributed by atoms with Crippen LogP contribution in [0.2, 0.25) is 0 Å². The molecule has 2 rings (SSSR count). The van der Waals surface area contributed by atoms with E-state index < -0.39 is 6.10 Å². The van der Waals surface area contributed by atoms with Crippen LogP contribution in [-0.2, 0) is 0 Å². The lowest BCUT2D eigenvalue weighted by Gasteiger charge is -2.32. The van der Waals surface area contributed by atoms with Gasteiger partial charge in [0.25, 0.3) is 0 Å². The smallest absolute Gasteiger partial charge is 0.119 e. The Morgan fingerprint density at radius 3 is 2.59 bits per heavy atom. The lowest BCUT2D eigenvalue weighted by atomic mass is 10.1. The first-order valence-corrected chi connectivity index (χ1v) is 8.36. The van der Waals surface area contributed by atoms with Crippen molar-refractivity contribution in [2.75, 3.05) is 46.4 Å². The van der Waals surface area contributed by atoms with Crippen molar-refractivity contribution in [2.45, 2.75) is 26.4 Å². The first kappa shape index (κ1) is 17.3. The molecule has 4 nitrogen and oxygen atoms in total. The fraction of sp³-hybridized carbons (Fsp3) is 0.667. The fourth-order valence-corrected chi connectivity index (χ4v) is 2.62. The van der Waals surface area contributed by atoms with Gasteiger partial charge in [0, 0.05) is 32.7 Å². The molecule has 0 spiro atoms. The van der Waals surface area contributed by atoms with Crippen LogP contribution in [0, 0.1) is 5.92 Å². The predicted molar refractivity (Wildman–Crippen MR) is 90.3 cm³/mol. The molecule has 0 bridgehead atoms. The van der Waals surface area contributed by atoms with Gasteiger partial charge >= 0.3 is 0 Å². The van der Waals surface area contributed by atoms with E-state index in [0.29, 0.717) is 12.5 Å². The van der Waals surface area contributed by atoms with E-state index in [0.717, 1.165) is 50.5 Å². The van der Waals surface area contributed by atoms with Crippen LogP contribution in [0.15, 0.2) is 24.3 Å². The zero-order chi connectivity index (χ0) is 15.9. The fourth-order valence-electron chi connectivity index (χ4n) is 2.62. The van der Waals surface area contributed by atoms with Crippen molar-refractivity contribution < 1.29 is 9.84 Å². The van der Waals surface area contributed by atoms with Crippen LogP contribution in [0.3, 0.4) is 0 Å². The summed E-state index contributed by atoms with van der Waals surface area (Å²) in [5.41, 5.74) is 0.954. The molecule has 1 heterocycles. The van der Waals surface area contributed by atoms with Gasteiger partial charge in [0.05, 0.1) is 12.7 Å². The van der Waals surface area contributed by atoms with Crippen LogP contribution in [0.4, 0.5) is 0 Å². The summed E-state index contributed by atoms with van der Waals surface area (Å²) in [6, 6.07) is 7.87. The van der Waals surface area contributed by atoms with Crippen LogP contribution < -0.4 is 4.74 Å². The number of likely N-dealkylation sites (N-methyl/N-ethyl adjacent to an activating group) is 1. The summed E-state index contributed by atoms with van der Waals surface area (Å²) in [5.74, 6) is 1.36. The maximum absolute atomic E-state index is 10.4. The SMILES string of the molecule is CC(C)COc1cccc(C(O)CCN2CCN(C)CC2)c1. The minimum absolute atomic E-state index is 0.415. The number of aliphatic hydroxyl groups excluding tert-OH is 1. The highest BCUT2D eigenvalue weighted by atomic mass is 16.5. The Bertz CT molecular complexity index is 442. The van der Waals surface area contributed by atoms with Gasteiger partial charge in [-0.3, -0.25) is 0 Å². The lowest BCUT2D eigenvalue weighted by Crippen LogP contribution is -2.44. The normalized spacial score (nSPS) is 18.6. The Labute approximate surface area is 134 Å². The van der Waals surface area contributed by atoms with Crippen LogP contribution in [0.25, 0.3) is 0 Å². The molecule has 0 aromatic heterocycles. The van der Waals surface area contributed by atoms with Gasteiger partial charge in [-0.1, -0.05) is 26.0 Å². The molecule has 1 aliphatic heterocycles. The summed E-state index contributed by atoms with van der Waals surface area (Å²) in [5, 5.41) is 10.4. The maximum Gasteiger partial charge on any atom is 0.119 e. The molecule has 1 unspecified atom stereocenters. The second-order valence-corrected chi connectivity index (χ2v) is 6.73. The number of ether oxygens (including phenoxy) is 1. The maximum atomic E-state index is 10.4. The van der Waals surface area contributed by atoms with Crippen molar-refractivity contribution in [1.29, 1.82) is 0 Å². The summed E-state index contributed by atoms with van der Waals surface area (Å²) < 4.78 is 5.74. The van der Waals surface area contributed by atoms with Crippen LogP contribution >= 0.6 is 0 Å². The summed E-state index contributed by atoms with van der Waals surface area (Å²) >= 11 is 0. The minimum atomic E-state index is -0.415. The third-order valence-corrected chi connectivity index (χ3v) is 4.14. The minimum Gasteiger partial charge on any atom is -0.493 e. The molecule has 1 aromatic carbocycles. The van der Waals surface area contributed by atoms with Gasteiger partial charge in [-0.25, -0.2) is 0 Å². The first-order chi connectivity index (χ1) is 10.5. The molecule has 1 saturated heterocycles. The molecule has 4 heteroatoms. The zero-order valence-electron chi connectivity index (χ0n) is 14.2. The molecule has 124 valence electrons. The number of hydrogen-bond acceptors (Lipinski definition) is 4. The zero-order valence-corrected chi connectivity index (χ0v) is 14.2. The Kier molecular flexibility index (Phi) is 6.68. The molecular weight excluding hydrogens is 276 g/mol. The molecule has 0 radical (unpaired) electrons. The number of nitrogens with zero attached hydrogens (tertiary/aromatic N) is 2. The van der Waals surface area contributed by atoms with E-state index in [1.807, 2.05) is 24.3 Å². The summed E-state index contributed by atoms with van der Waals surface area (Å²) in [6.07, 6.45) is 0.361. The van der Waals surface area contributed by atoms with Crippen molar-refractivity contribution in [2.24, 2.45) is 5.92 Å². The van der Waals surface area contributed by atoms with Gasteiger partial charge < -0.3 is 19.6 Å². The van der Waals surface area contributed by atoms with Crippen LogP contribution in [0.1, 0.15) is 31.9 Å². The van der Waals surface area contributed by atoms with Gasteiger partial charge in [0.15, 0.2) is 0 Å².